The SMILES string of the molecule is O=C1C2OCC(O2)[C@@H]2[C@H]3C=Cc4ccccc4N3C[C@@H]12. The third-order valence-corrected chi connectivity index (χ3v) is 5.07. The van der Waals surface area contributed by atoms with Crippen molar-refractivity contribution < 1.29 is 14.3 Å². The summed E-state index contributed by atoms with van der Waals surface area (Å²) in [5.41, 5.74) is 2.47. The van der Waals surface area contributed by atoms with E-state index < -0.39 is 6.29 Å². The minimum absolute atomic E-state index is 0.0436. The number of hydrogen-bond acceptors (Lipinski definition) is 4. The molecule has 0 aliphatic carbocycles. The highest BCUT2D eigenvalue weighted by atomic mass is 16.7. The maximum absolute atomic E-state index is 12.4. The number of anilines is 1. The number of carbonyl (C=O) groups is 1. The summed E-state index contributed by atoms with van der Waals surface area (Å²) in [6, 6.07) is 8.63. The highest BCUT2D eigenvalue weighted by molar-refractivity contribution is 5.88. The fraction of sp³-hybridized carbons (Fsp3) is 0.438. The molecule has 20 heavy (non-hydrogen) atoms. The molecule has 5 rings (SSSR count). The Morgan fingerprint density at radius 1 is 1.25 bits per heavy atom. The van der Waals surface area contributed by atoms with Crippen molar-refractivity contribution in [2.75, 3.05) is 18.1 Å². The monoisotopic (exact) mass is 269 g/mol. The van der Waals surface area contributed by atoms with Crippen LogP contribution >= 0.6 is 0 Å². The number of para-hydroxylation sites is 1. The van der Waals surface area contributed by atoms with Crippen LogP contribution in [0.3, 0.4) is 0 Å². The van der Waals surface area contributed by atoms with Crippen LogP contribution in [0.1, 0.15) is 5.56 Å². The molecular weight excluding hydrogens is 254 g/mol. The number of rotatable bonds is 0. The number of fused-ring (bicyclic) bond motifs is 8. The number of benzene rings is 1. The Morgan fingerprint density at radius 3 is 3.10 bits per heavy atom. The quantitative estimate of drug-likeness (QED) is 0.715. The lowest BCUT2D eigenvalue weighted by Crippen LogP contribution is -2.45. The lowest BCUT2D eigenvalue weighted by Gasteiger charge is -2.34. The van der Waals surface area contributed by atoms with E-state index in [4.69, 9.17) is 9.47 Å². The fourth-order valence-electron chi connectivity index (χ4n) is 4.19. The molecule has 0 amide bonds. The molecule has 0 aromatic heterocycles. The molecule has 2 bridgehead atoms. The molecular formula is C16H15NO3. The van der Waals surface area contributed by atoms with Crippen LogP contribution in [0.2, 0.25) is 0 Å². The molecule has 4 aliphatic heterocycles. The van der Waals surface area contributed by atoms with E-state index >= 15 is 0 Å². The largest absolute Gasteiger partial charge is 0.363 e. The number of nitrogens with zero attached hydrogens (tertiary/aromatic N) is 1. The van der Waals surface area contributed by atoms with E-state index in [1.807, 2.05) is 0 Å². The van der Waals surface area contributed by atoms with E-state index in [1.165, 1.54) is 11.3 Å². The van der Waals surface area contributed by atoms with Gasteiger partial charge in [-0.3, -0.25) is 4.79 Å². The van der Waals surface area contributed by atoms with Crippen LogP contribution in [0, 0.1) is 11.8 Å². The van der Waals surface area contributed by atoms with Gasteiger partial charge in [-0.25, -0.2) is 0 Å². The van der Waals surface area contributed by atoms with E-state index in [0.717, 1.165) is 6.54 Å². The van der Waals surface area contributed by atoms with Gasteiger partial charge in [0.15, 0.2) is 5.78 Å². The Balaban J connectivity index is 1.60. The fourth-order valence-corrected chi connectivity index (χ4v) is 4.19. The van der Waals surface area contributed by atoms with Gasteiger partial charge < -0.3 is 14.4 Å². The smallest absolute Gasteiger partial charge is 0.218 e. The van der Waals surface area contributed by atoms with Crippen LogP contribution < -0.4 is 4.90 Å². The summed E-state index contributed by atoms with van der Waals surface area (Å²) in [7, 11) is 0. The molecule has 0 N–H and O–H groups in total. The topological polar surface area (TPSA) is 38.8 Å². The van der Waals surface area contributed by atoms with Gasteiger partial charge in [0.05, 0.1) is 18.8 Å². The van der Waals surface area contributed by atoms with Crippen molar-refractivity contribution in [3.63, 3.8) is 0 Å². The van der Waals surface area contributed by atoms with Crippen molar-refractivity contribution in [3.05, 3.63) is 35.9 Å². The minimum atomic E-state index is -0.609. The zero-order chi connectivity index (χ0) is 13.3. The van der Waals surface area contributed by atoms with Crippen LogP contribution in [0.15, 0.2) is 30.3 Å². The van der Waals surface area contributed by atoms with Crippen LogP contribution in [-0.4, -0.2) is 37.4 Å². The normalized spacial score (nSPS) is 40.5. The Bertz CT molecular complexity index is 626. The van der Waals surface area contributed by atoms with Gasteiger partial charge in [0.2, 0.25) is 6.29 Å². The molecule has 0 spiro atoms. The lowest BCUT2D eigenvalue weighted by molar-refractivity contribution is -0.162. The summed E-state index contributed by atoms with van der Waals surface area (Å²) in [6.45, 7) is 1.34. The van der Waals surface area contributed by atoms with Crippen LogP contribution in [0.25, 0.3) is 6.08 Å². The number of ether oxygens (including phenoxy) is 2. The van der Waals surface area contributed by atoms with Gasteiger partial charge in [0.25, 0.3) is 0 Å². The van der Waals surface area contributed by atoms with Crippen molar-refractivity contribution in [1.29, 1.82) is 0 Å². The molecule has 102 valence electrons. The van der Waals surface area contributed by atoms with Gasteiger partial charge in [0.1, 0.15) is 0 Å². The second-order valence-electron chi connectivity index (χ2n) is 5.99. The zero-order valence-electron chi connectivity index (χ0n) is 10.9. The van der Waals surface area contributed by atoms with Gasteiger partial charge in [-0.1, -0.05) is 30.4 Å². The first kappa shape index (κ1) is 11.1. The first-order valence-electron chi connectivity index (χ1n) is 7.17. The van der Waals surface area contributed by atoms with E-state index in [-0.39, 0.29) is 29.8 Å². The summed E-state index contributed by atoms with van der Waals surface area (Å²) in [6.07, 6.45) is 3.85. The summed E-state index contributed by atoms with van der Waals surface area (Å²) in [5.74, 6) is 0.400. The number of Topliss-reactive ketones (excluding diaryl/α,β-unsaturated/α-hetero) is 1. The number of ketones is 1. The molecule has 4 heteroatoms. The Hall–Kier alpha value is -1.65. The first-order valence-corrected chi connectivity index (χ1v) is 7.17. The maximum Gasteiger partial charge on any atom is 0.218 e. The molecule has 1 aromatic rings. The second-order valence-corrected chi connectivity index (χ2v) is 5.99. The van der Waals surface area contributed by atoms with Crippen molar-refractivity contribution in [1.82, 2.24) is 0 Å². The number of hydrogen-bond donors (Lipinski definition) is 0. The summed E-state index contributed by atoms with van der Waals surface area (Å²) < 4.78 is 11.2. The average molecular weight is 269 g/mol. The van der Waals surface area contributed by atoms with Crippen molar-refractivity contribution >= 4 is 17.5 Å². The van der Waals surface area contributed by atoms with E-state index in [0.29, 0.717) is 6.61 Å². The Morgan fingerprint density at radius 2 is 2.15 bits per heavy atom. The standard InChI is InChI=1S/C16H15NO3/c18-15-10-7-17-11-4-2-1-3-9(11)5-6-12(17)14(10)13-8-19-16(15)20-13/h1-6,10,12-14,16H,7-8H2/t10-,12-,13?,14+,16?/m1/s1. The van der Waals surface area contributed by atoms with Crippen molar-refractivity contribution in [2.45, 2.75) is 18.4 Å². The van der Waals surface area contributed by atoms with Crippen LogP contribution in [0.4, 0.5) is 5.69 Å². The molecule has 4 nitrogen and oxygen atoms in total. The summed E-state index contributed by atoms with van der Waals surface area (Å²) in [5, 5.41) is 0. The van der Waals surface area contributed by atoms with Crippen molar-refractivity contribution in [2.24, 2.45) is 11.8 Å². The first-order chi connectivity index (χ1) is 9.83. The molecule has 3 fully saturated rings. The maximum atomic E-state index is 12.4. The zero-order valence-corrected chi connectivity index (χ0v) is 10.9. The predicted octanol–water partition coefficient (Wildman–Crippen LogP) is 1.46. The van der Waals surface area contributed by atoms with E-state index in [2.05, 4.69) is 41.3 Å². The third kappa shape index (κ3) is 1.26. The van der Waals surface area contributed by atoms with Gasteiger partial charge in [-0.05, 0) is 11.6 Å². The highest BCUT2D eigenvalue weighted by Crippen LogP contribution is 2.46. The minimum Gasteiger partial charge on any atom is -0.363 e. The lowest BCUT2D eigenvalue weighted by atomic mass is 9.81. The van der Waals surface area contributed by atoms with Gasteiger partial charge in [-0.2, -0.15) is 0 Å². The molecule has 0 radical (unpaired) electrons. The van der Waals surface area contributed by atoms with Crippen LogP contribution in [-0.2, 0) is 14.3 Å². The molecule has 0 saturated carbocycles. The Kier molecular flexibility index (Phi) is 2.05. The predicted molar refractivity (Wildman–Crippen MR) is 73.2 cm³/mol. The third-order valence-electron chi connectivity index (χ3n) is 5.07. The highest BCUT2D eigenvalue weighted by Gasteiger charge is 2.57. The molecule has 1 aromatic carbocycles. The van der Waals surface area contributed by atoms with Gasteiger partial charge >= 0.3 is 0 Å². The molecule has 2 unspecified atom stereocenters. The molecule has 3 saturated heterocycles. The van der Waals surface area contributed by atoms with Crippen molar-refractivity contribution in [3.8, 4) is 0 Å². The van der Waals surface area contributed by atoms with E-state index in [1.54, 1.807) is 0 Å². The molecule has 5 atom stereocenters. The average Bonchev–Trinajstić information content (AvgIpc) is 3.08. The Labute approximate surface area is 117 Å². The van der Waals surface area contributed by atoms with Gasteiger partial charge in [0, 0.05) is 24.1 Å². The molecule has 4 aliphatic rings. The van der Waals surface area contributed by atoms with Crippen LogP contribution in [0.5, 0.6) is 0 Å². The molecule has 4 heterocycles. The summed E-state index contributed by atoms with van der Waals surface area (Å²) >= 11 is 0. The number of carbonyl (C=O) groups excluding carboxylic acids is 1. The summed E-state index contributed by atoms with van der Waals surface area (Å²) in [4.78, 5) is 14.8. The van der Waals surface area contributed by atoms with Gasteiger partial charge in [-0.15, -0.1) is 0 Å². The van der Waals surface area contributed by atoms with E-state index in [9.17, 15) is 4.79 Å². The second kappa shape index (κ2) is 3.71.